The van der Waals surface area contributed by atoms with E-state index in [1.54, 1.807) is 11.8 Å². The Balaban J connectivity index is 1.38. The minimum atomic E-state index is 0.0873. The standard InChI is InChI=1S/C22H31N3O3S/c1-3-27-19-9-7-18(8-10-19)22-24-20(17(2)28-22)15-29-16-21(26)23-11-6-14-25-12-4-5-13-25/h7-10H,3-6,11-16H2,1-2H3,(H,23,26). The van der Waals surface area contributed by atoms with Gasteiger partial charge in [-0.3, -0.25) is 4.79 Å². The van der Waals surface area contributed by atoms with Gasteiger partial charge in [0.05, 0.1) is 18.1 Å². The predicted octanol–water partition coefficient (Wildman–Crippen LogP) is 3.88. The summed E-state index contributed by atoms with van der Waals surface area (Å²) in [5, 5.41) is 3.01. The van der Waals surface area contributed by atoms with Crippen molar-refractivity contribution in [3.05, 3.63) is 35.7 Å². The van der Waals surface area contributed by atoms with Crippen molar-refractivity contribution in [3.63, 3.8) is 0 Å². The van der Waals surface area contributed by atoms with Crippen molar-refractivity contribution < 1.29 is 13.9 Å². The van der Waals surface area contributed by atoms with Crippen LogP contribution in [-0.4, -0.2) is 54.3 Å². The second-order valence-electron chi connectivity index (χ2n) is 7.22. The molecule has 0 atom stereocenters. The number of aryl methyl sites for hydroxylation is 1. The van der Waals surface area contributed by atoms with E-state index < -0.39 is 0 Å². The molecule has 7 heteroatoms. The largest absolute Gasteiger partial charge is 0.494 e. The maximum Gasteiger partial charge on any atom is 0.230 e. The number of rotatable bonds is 11. The molecule has 0 unspecified atom stereocenters. The Hall–Kier alpha value is -1.99. The van der Waals surface area contributed by atoms with E-state index in [9.17, 15) is 4.79 Å². The van der Waals surface area contributed by atoms with Crippen LogP contribution in [0.25, 0.3) is 11.5 Å². The first-order chi connectivity index (χ1) is 14.2. The third-order valence-corrected chi connectivity index (χ3v) is 5.89. The number of nitrogens with one attached hydrogen (secondary N) is 1. The highest BCUT2D eigenvalue weighted by molar-refractivity contribution is 7.99. The third-order valence-electron chi connectivity index (χ3n) is 4.95. The van der Waals surface area contributed by atoms with Crippen LogP contribution in [0, 0.1) is 6.92 Å². The lowest BCUT2D eigenvalue weighted by atomic mass is 10.2. The zero-order valence-electron chi connectivity index (χ0n) is 17.4. The molecule has 0 bridgehead atoms. The van der Waals surface area contributed by atoms with Crippen LogP contribution in [0.5, 0.6) is 5.75 Å². The molecule has 2 aromatic rings. The highest BCUT2D eigenvalue weighted by atomic mass is 32.2. The summed E-state index contributed by atoms with van der Waals surface area (Å²) >= 11 is 1.56. The van der Waals surface area contributed by atoms with Gasteiger partial charge in [-0.2, -0.15) is 0 Å². The van der Waals surface area contributed by atoms with Gasteiger partial charge in [0.1, 0.15) is 11.5 Å². The number of carbonyl (C=O) groups is 1. The number of hydrogen-bond acceptors (Lipinski definition) is 6. The molecule has 0 saturated carbocycles. The Labute approximate surface area is 177 Å². The van der Waals surface area contributed by atoms with E-state index in [1.807, 2.05) is 38.1 Å². The van der Waals surface area contributed by atoms with Crippen molar-refractivity contribution in [1.82, 2.24) is 15.2 Å². The summed E-state index contributed by atoms with van der Waals surface area (Å²) in [6, 6.07) is 7.73. The molecule has 2 heterocycles. The highest BCUT2D eigenvalue weighted by Gasteiger charge is 2.13. The Morgan fingerprint density at radius 3 is 2.76 bits per heavy atom. The summed E-state index contributed by atoms with van der Waals surface area (Å²) in [5.74, 6) is 3.42. The summed E-state index contributed by atoms with van der Waals surface area (Å²) < 4.78 is 11.3. The zero-order chi connectivity index (χ0) is 20.5. The van der Waals surface area contributed by atoms with Gasteiger partial charge in [-0.05, 0) is 77.0 Å². The van der Waals surface area contributed by atoms with Gasteiger partial charge in [-0.1, -0.05) is 0 Å². The van der Waals surface area contributed by atoms with Gasteiger partial charge in [-0.15, -0.1) is 11.8 Å². The predicted molar refractivity (Wildman–Crippen MR) is 117 cm³/mol. The van der Waals surface area contributed by atoms with Gasteiger partial charge < -0.3 is 19.4 Å². The van der Waals surface area contributed by atoms with E-state index in [-0.39, 0.29) is 5.91 Å². The third kappa shape index (κ3) is 6.78. The van der Waals surface area contributed by atoms with Crippen molar-refractivity contribution >= 4 is 17.7 Å². The fourth-order valence-electron chi connectivity index (χ4n) is 3.37. The number of hydrogen-bond donors (Lipinski definition) is 1. The van der Waals surface area contributed by atoms with Crippen LogP contribution in [0.3, 0.4) is 0 Å². The average Bonchev–Trinajstić information content (AvgIpc) is 3.36. The Morgan fingerprint density at radius 2 is 2.03 bits per heavy atom. The molecule has 0 spiro atoms. The normalized spacial score (nSPS) is 14.3. The van der Waals surface area contributed by atoms with Gasteiger partial charge in [0, 0.05) is 17.9 Å². The molecule has 1 aliphatic rings. The summed E-state index contributed by atoms with van der Waals surface area (Å²) in [4.78, 5) is 19.1. The molecule has 1 saturated heterocycles. The molecule has 1 aromatic heterocycles. The number of amides is 1. The van der Waals surface area contributed by atoms with E-state index in [0.717, 1.165) is 42.3 Å². The smallest absolute Gasteiger partial charge is 0.230 e. The lowest BCUT2D eigenvalue weighted by Crippen LogP contribution is -2.29. The molecule has 1 fully saturated rings. The van der Waals surface area contributed by atoms with E-state index >= 15 is 0 Å². The first-order valence-electron chi connectivity index (χ1n) is 10.4. The molecule has 3 rings (SSSR count). The lowest BCUT2D eigenvalue weighted by Gasteiger charge is -2.14. The molecule has 0 aliphatic carbocycles. The van der Waals surface area contributed by atoms with Crippen LogP contribution < -0.4 is 10.1 Å². The van der Waals surface area contributed by atoms with Crippen molar-refractivity contribution in [3.8, 4) is 17.2 Å². The zero-order valence-corrected chi connectivity index (χ0v) is 18.2. The monoisotopic (exact) mass is 417 g/mol. The Kier molecular flexibility index (Phi) is 8.43. The number of likely N-dealkylation sites (tertiary alicyclic amines) is 1. The van der Waals surface area contributed by atoms with Crippen LogP contribution >= 0.6 is 11.8 Å². The molecule has 0 radical (unpaired) electrons. The number of ether oxygens (including phenoxy) is 1. The maximum absolute atomic E-state index is 12.0. The van der Waals surface area contributed by atoms with Gasteiger partial charge in [0.25, 0.3) is 0 Å². The molecule has 158 valence electrons. The van der Waals surface area contributed by atoms with Crippen LogP contribution in [0.2, 0.25) is 0 Å². The Morgan fingerprint density at radius 1 is 1.28 bits per heavy atom. The van der Waals surface area contributed by atoms with Gasteiger partial charge in [0.15, 0.2) is 0 Å². The Bertz CT molecular complexity index is 770. The van der Waals surface area contributed by atoms with Crippen LogP contribution in [-0.2, 0) is 10.5 Å². The number of carbonyl (C=O) groups excluding carboxylic acids is 1. The fourth-order valence-corrected chi connectivity index (χ4v) is 4.22. The van der Waals surface area contributed by atoms with Crippen molar-refractivity contribution in [2.24, 2.45) is 0 Å². The van der Waals surface area contributed by atoms with Gasteiger partial charge in [0.2, 0.25) is 11.8 Å². The molecular formula is C22H31N3O3S. The highest BCUT2D eigenvalue weighted by Crippen LogP contribution is 2.26. The van der Waals surface area contributed by atoms with E-state index in [0.29, 0.717) is 24.0 Å². The summed E-state index contributed by atoms with van der Waals surface area (Å²) in [6.07, 6.45) is 3.64. The van der Waals surface area contributed by atoms with E-state index in [2.05, 4.69) is 15.2 Å². The number of aromatic nitrogens is 1. The minimum Gasteiger partial charge on any atom is -0.494 e. The summed E-state index contributed by atoms with van der Waals surface area (Å²) in [6.45, 7) is 8.77. The van der Waals surface area contributed by atoms with Crippen LogP contribution in [0.15, 0.2) is 28.7 Å². The molecule has 1 aliphatic heterocycles. The fraction of sp³-hybridized carbons (Fsp3) is 0.545. The molecule has 1 N–H and O–H groups in total. The second-order valence-corrected chi connectivity index (χ2v) is 8.21. The number of oxazole rings is 1. The lowest BCUT2D eigenvalue weighted by molar-refractivity contribution is -0.118. The van der Waals surface area contributed by atoms with Crippen molar-refractivity contribution in [2.75, 3.05) is 38.5 Å². The summed E-state index contributed by atoms with van der Waals surface area (Å²) in [7, 11) is 0. The number of benzene rings is 1. The average molecular weight is 418 g/mol. The first kappa shape index (κ1) is 21.7. The summed E-state index contributed by atoms with van der Waals surface area (Å²) in [5.41, 5.74) is 1.81. The molecule has 1 aromatic carbocycles. The number of thioether (sulfide) groups is 1. The van der Waals surface area contributed by atoms with Gasteiger partial charge in [-0.25, -0.2) is 4.98 Å². The maximum atomic E-state index is 12.0. The van der Waals surface area contributed by atoms with Gasteiger partial charge >= 0.3 is 0 Å². The molecule has 29 heavy (non-hydrogen) atoms. The molecule has 1 amide bonds. The first-order valence-corrected chi connectivity index (χ1v) is 11.6. The van der Waals surface area contributed by atoms with Crippen molar-refractivity contribution in [2.45, 2.75) is 38.9 Å². The molecule has 6 nitrogen and oxygen atoms in total. The van der Waals surface area contributed by atoms with Crippen LogP contribution in [0.1, 0.15) is 37.6 Å². The van der Waals surface area contributed by atoms with E-state index in [4.69, 9.17) is 9.15 Å². The van der Waals surface area contributed by atoms with Crippen LogP contribution in [0.4, 0.5) is 0 Å². The molecular weight excluding hydrogens is 386 g/mol. The van der Waals surface area contributed by atoms with Crippen molar-refractivity contribution in [1.29, 1.82) is 0 Å². The SMILES string of the molecule is CCOc1ccc(-c2nc(CSCC(=O)NCCCN3CCCC3)c(C)o2)cc1. The topological polar surface area (TPSA) is 67.6 Å². The minimum absolute atomic E-state index is 0.0873. The second kappa shape index (κ2) is 11.3. The quantitative estimate of drug-likeness (QED) is 0.560. The number of nitrogens with zero attached hydrogens (tertiary/aromatic N) is 2. The van der Waals surface area contributed by atoms with E-state index in [1.165, 1.54) is 25.9 Å².